The smallest absolute Gasteiger partial charge is 0.251 e. The van der Waals surface area contributed by atoms with Gasteiger partial charge in [-0.2, -0.15) is 0 Å². The summed E-state index contributed by atoms with van der Waals surface area (Å²) in [6.07, 6.45) is 5.12. The highest BCUT2D eigenvalue weighted by Gasteiger charge is 2.25. The Bertz CT molecular complexity index is 490. The van der Waals surface area contributed by atoms with Gasteiger partial charge in [-0.3, -0.25) is 4.79 Å². The minimum absolute atomic E-state index is 0.128. The highest BCUT2D eigenvalue weighted by molar-refractivity contribution is 5.95. The molecule has 0 aliphatic heterocycles. The lowest BCUT2D eigenvalue weighted by Gasteiger charge is -2.28. The Balaban J connectivity index is 2.11. The van der Waals surface area contributed by atoms with Gasteiger partial charge in [-0.15, -0.1) is 0 Å². The number of nitrogens with one attached hydrogen (secondary N) is 2. The fourth-order valence-corrected chi connectivity index (χ4v) is 2.76. The monoisotopic (exact) mass is 291 g/mol. The molecule has 0 saturated heterocycles. The molecule has 116 valence electrons. The van der Waals surface area contributed by atoms with Crippen LogP contribution in [0.15, 0.2) is 12.1 Å². The molecular weight excluding hydrogens is 266 g/mol. The van der Waals surface area contributed by atoms with Gasteiger partial charge in [0.1, 0.15) is 5.82 Å². The van der Waals surface area contributed by atoms with Crippen molar-refractivity contribution in [3.8, 4) is 0 Å². The third-order valence-corrected chi connectivity index (χ3v) is 3.95. The molecule has 1 amide bonds. The second-order valence-corrected chi connectivity index (χ2v) is 5.66. The number of aliphatic hydroxyl groups is 1. The molecule has 21 heavy (non-hydrogen) atoms. The van der Waals surface area contributed by atoms with E-state index >= 15 is 0 Å². The zero-order chi connectivity index (χ0) is 15.2. The molecule has 1 aliphatic carbocycles. The zero-order valence-corrected chi connectivity index (χ0v) is 12.9. The molecule has 1 aliphatic rings. The van der Waals surface area contributed by atoms with Crippen LogP contribution in [0.2, 0.25) is 0 Å². The van der Waals surface area contributed by atoms with E-state index in [2.05, 4.69) is 22.5 Å². The summed E-state index contributed by atoms with van der Waals surface area (Å²) in [7, 11) is 1.80. The molecule has 5 nitrogen and oxygen atoms in total. The lowest BCUT2D eigenvalue weighted by atomic mass is 9.92. The maximum absolute atomic E-state index is 12.4. The van der Waals surface area contributed by atoms with Gasteiger partial charge < -0.3 is 15.7 Å². The highest BCUT2D eigenvalue weighted by atomic mass is 16.3. The number of hydrogen-bond donors (Lipinski definition) is 3. The number of rotatable bonds is 5. The van der Waals surface area contributed by atoms with E-state index in [1.165, 1.54) is 0 Å². The number of carbonyl (C=O) groups excluding carboxylic acids is 1. The average molecular weight is 291 g/mol. The Kier molecular flexibility index (Phi) is 5.56. The highest BCUT2D eigenvalue weighted by Crippen LogP contribution is 2.19. The van der Waals surface area contributed by atoms with Gasteiger partial charge >= 0.3 is 0 Å². The maximum atomic E-state index is 12.4. The molecule has 0 bridgehead atoms. The molecule has 2 rings (SSSR count). The largest absolute Gasteiger partial charge is 0.391 e. The topological polar surface area (TPSA) is 74.2 Å². The Morgan fingerprint density at radius 2 is 2.14 bits per heavy atom. The van der Waals surface area contributed by atoms with Crippen LogP contribution >= 0.6 is 0 Å². The molecule has 0 aromatic carbocycles. The van der Waals surface area contributed by atoms with Gasteiger partial charge in [0.05, 0.1) is 12.1 Å². The van der Waals surface area contributed by atoms with Gasteiger partial charge in [0.25, 0.3) is 5.91 Å². The maximum Gasteiger partial charge on any atom is 0.251 e. The van der Waals surface area contributed by atoms with Gasteiger partial charge in [-0.25, -0.2) is 4.98 Å². The van der Waals surface area contributed by atoms with Gasteiger partial charge in [0.15, 0.2) is 0 Å². The van der Waals surface area contributed by atoms with E-state index in [0.717, 1.165) is 44.2 Å². The summed E-state index contributed by atoms with van der Waals surface area (Å²) in [5, 5.41) is 15.9. The molecule has 1 heterocycles. The van der Waals surface area contributed by atoms with E-state index in [-0.39, 0.29) is 11.9 Å². The van der Waals surface area contributed by atoms with E-state index < -0.39 is 6.10 Å². The Labute approximate surface area is 126 Å². The molecule has 1 fully saturated rings. The van der Waals surface area contributed by atoms with Crippen LogP contribution < -0.4 is 10.6 Å². The first-order valence-electron chi connectivity index (χ1n) is 7.81. The van der Waals surface area contributed by atoms with Crippen LogP contribution in [0.3, 0.4) is 0 Å². The number of aromatic nitrogens is 1. The van der Waals surface area contributed by atoms with E-state index in [1.54, 1.807) is 13.1 Å². The number of aryl methyl sites for hydroxylation is 1. The van der Waals surface area contributed by atoms with E-state index in [0.29, 0.717) is 11.4 Å². The summed E-state index contributed by atoms with van der Waals surface area (Å²) in [5.74, 6) is 0.576. The predicted octanol–water partition coefficient (Wildman–Crippen LogP) is 2.11. The molecule has 1 aromatic heterocycles. The molecule has 3 N–H and O–H groups in total. The summed E-state index contributed by atoms with van der Waals surface area (Å²) >= 11 is 0. The van der Waals surface area contributed by atoms with Crippen molar-refractivity contribution >= 4 is 11.7 Å². The fraction of sp³-hybridized carbons (Fsp3) is 0.625. The minimum atomic E-state index is -0.427. The van der Waals surface area contributed by atoms with Crippen molar-refractivity contribution in [2.75, 3.05) is 12.4 Å². The zero-order valence-electron chi connectivity index (χ0n) is 12.9. The number of anilines is 1. The van der Waals surface area contributed by atoms with Gasteiger partial charge in [0.2, 0.25) is 0 Å². The number of hydrogen-bond acceptors (Lipinski definition) is 4. The first-order valence-corrected chi connectivity index (χ1v) is 7.81. The number of nitrogens with zero attached hydrogens (tertiary/aromatic N) is 1. The standard InChI is InChI=1S/C16H25N3O2/c1-3-6-12-9-11(10-15(17-2)18-12)16(21)19-13-7-4-5-8-14(13)20/h9-10,13-14,20H,3-8H2,1-2H3,(H,17,18)(H,19,21). The molecule has 1 aromatic rings. The van der Waals surface area contributed by atoms with E-state index in [4.69, 9.17) is 0 Å². The SMILES string of the molecule is CCCc1cc(C(=O)NC2CCCCC2O)cc(NC)n1. The molecule has 0 radical (unpaired) electrons. The summed E-state index contributed by atoms with van der Waals surface area (Å²) < 4.78 is 0. The number of amides is 1. The Morgan fingerprint density at radius 3 is 2.81 bits per heavy atom. The van der Waals surface area contributed by atoms with Crippen molar-refractivity contribution < 1.29 is 9.90 Å². The lowest BCUT2D eigenvalue weighted by Crippen LogP contribution is -2.45. The van der Waals surface area contributed by atoms with Crippen LogP contribution in [0.5, 0.6) is 0 Å². The normalized spacial score (nSPS) is 21.9. The van der Waals surface area contributed by atoms with Gasteiger partial charge in [-0.1, -0.05) is 26.2 Å². The van der Waals surface area contributed by atoms with Crippen LogP contribution in [-0.4, -0.2) is 35.2 Å². The summed E-state index contributed by atoms with van der Waals surface area (Å²) in [5.41, 5.74) is 1.52. The van der Waals surface area contributed by atoms with Crippen molar-refractivity contribution in [1.29, 1.82) is 0 Å². The number of carbonyl (C=O) groups is 1. The van der Waals surface area contributed by atoms with Crippen molar-refractivity contribution in [1.82, 2.24) is 10.3 Å². The van der Waals surface area contributed by atoms with Gasteiger partial charge in [0, 0.05) is 18.3 Å². The van der Waals surface area contributed by atoms with E-state index in [1.807, 2.05) is 6.07 Å². The minimum Gasteiger partial charge on any atom is -0.391 e. The average Bonchev–Trinajstić information content (AvgIpc) is 2.49. The van der Waals surface area contributed by atoms with Crippen LogP contribution in [0, 0.1) is 0 Å². The molecule has 0 spiro atoms. The fourth-order valence-electron chi connectivity index (χ4n) is 2.76. The Hall–Kier alpha value is -1.62. The van der Waals surface area contributed by atoms with Crippen molar-refractivity contribution in [2.45, 2.75) is 57.6 Å². The summed E-state index contributed by atoms with van der Waals surface area (Å²) in [4.78, 5) is 16.9. The van der Waals surface area contributed by atoms with E-state index in [9.17, 15) is 9.90 Å². The number of pyridine rings is 1. The first kappa shape index (κ1) is 15.8. The Morgan fingerprint density at radius 1 is 1.38 bits per heavy atom. The molecule has 5 heteroatoms. The molecule has 2 unspecified atom stereocenters. The first-order chi connectivity index (χ1) is 10.1. The second-order valence-electron chi connectivity index (χ2n) is 5.66. The third-order valence-electron chi connectivity index (χ3n) is 3.95. The van der Waals surface area contributed by atoms with Gasteiger partial charge in [-0.05, 0) is 31.4 Å². The quantitative estimate of drug-likeness (QED) is 0.777. The predicted molar refractivity (Wildman–Crippen MR) is 83.5 cm³/mol. The van der Waals surface area contributed by atoms with Crippen LogP contribution in [0.1, 0.15) is 55.1 Å². The molecular formula is C16H25N3O2. The summed E-state index contributed by atoms with van der Waals surface area (Å²) in [6.45, 7) is 2.09. The second kappa shape index (κ2) is 7.41. The van der Waals surface area contributed by atoms with Crippen molar-refractivity contribution in [2.24, 2.45) is 0 Å². The third kappa shape index (κ3) is 4.17. The van der Waals surface area contributed by atoms with Crippen LogP contribution in [0.25, 0.3) is 0 Å². The van der Waals surface area contributed by atoms with Crippen LogP contribution in [0.4, 0.5) is 5.82 Å². The summed E-state index contributed by atoms with van der Waals surface area (Å²) in [6, 6.07) is 3.46. The van der Waals surface area contributed by atoms with Crippen LogP contribution in [-0.2, 0) is 6.42 Å². The van der Waals surface area contributed by atoms with Crippen molar-refractivity contribution in [3.05, 3.63) is 23.4 Å². The van der Waals surface area contributed by atoms with Crippen molar-refractivity contribution in [3.63, 3.8) is 0 Å². The molecule has 1 saturated carbocycles. The molecule has 2 atom stereocenters. The number of aliphatic hydroxyl groups excluding tert-OH is 1. The lowest BCUT2D eigenvalue weighted by molar-refractivity contribution is 0.0717.